The van der Waals surface area contributed by atoms with Crippen LogP contribution >= 0.6 is 0 Å². The molecule has 0 aliphatic carbocycles. The molecular weight excluding hydrogens is 364 g/mol. The Morgan fingerprint density at radius 3 is 2.17 bits per heavy atom. The van der Waals surface area contributed by atoms with Crippen molar-refractivity contribution in [2.45, 2.75) is 96.8 Å². The summed E-state index contributed by atoms with van der Waals surface area (Å²) in [5.41, 5.74) is 0. The molecule has 168 valence electrons. The minimum Gasteiger partial charge on any atom is -0.546 e. The normalized spacial score (nSPS) is 14.5. The Morgan fingerprint density at radius 1 is 1.00 bits per heavy atom. The van der Waals surface area contributed by atoms with E-state index >= 15 is 0 Å². The van der Waals surface area contributed by atoms with Crippen LogP contribution < -0.4 is 5.11 Å². The van der Waals surface area contributed by atoms with Crippen LogP contribution in [0.2, 0.25) is 0 Å². The summed E-state index contributed by atoms with van der Waals surface area (Å²) in [5.74, 6) is 0.0405. The van der Waals surface area contributed by atoms with Gasteiger partial charge in [-0.3, -0.25) is 9.48 Å². The molecule has 1 aliphatic rings. The first kappa shape index (κ1) is 25.7. The molecule has 0 radical (unpaired) electrons. The standard InChI is InChI=1S/C24H44N2O3/c1-2-3-4-5-6-7-8-9-10-11-12-13-14-15-16-17-23-25(20-21-27)18-19-26(23)22-24(28)29/h9-10,27H,2-8,11-22H2,1H3/b10-9+. The minimum atomic E-state index is -1.03. The van der Waals surface area contributed by atoms with Gasteiger partial charge in [-0.05, 0) is 32.1 Å². The highest BCUT2D eigenvalue weighted by Gasteiger charge is 2.29. The van der Waals surface area contributed by atoms with Gasteiger partial charge in [0.2, 0.25) is 5.84 Å². The molecule has 0 saturated carbocycles. The summed E-state index contributed by atoms with van der Waals surface area (Å²) >= 11 is 0. The first-order valence-electron chi connectivity index (χ1n) is 12.0. The zero-order chi connectivity index (χ0) is 21.2. The van der Waals surface area contributed by atoms with Crippen LogP contribution in [-0.4, -0.2) is 59.2 Å². The number of carbonyl (C=O) groups is 1. The Hall–Kier alpha value is -1.36. The molecule has 1 N–H and O–H groups in total. The van der Waals surface area contributed by atoms with E-state index in [4.69, 9.17) is 0 Å². The molecule has 29 heavy (non-hydrogen) atoms. The minimum absolute atomic E-state index is 0.0393. The monoisotopic (exact) mass is 408 g/mol. The largest absolute Gasteiger partial charge is 0.546 e. The van der Waals surface area contributed by atoms with Gasteiger partial charge in [-0.2, -0.15) is 0 Å². The molecule has 1 rings (SSSR count). The van der Waals surface area contributed by atoms with Gasteiger partial charge in [-0.15, -0.1) is 0 Å². The number of aliphatic hydroxyl groups is 1. The van der Waals surface area contributed by atoms with E-state index in [0.29, 0.717) is 13.1 Å². The van der Waals surface area contributed by atoms with Crippen molar-refractivity contribution in [2.75, 3.05) is 32.8 Å². The van der Waals surface area contributed by atoms with E-state index in [9.17, 15) is 15.0 Å². The number of unbranched alkanes of at least 4 members (excludes halogenated alkanes) is 11. The lowest BCUT2D eigenvalue weighted by Gasteiger charge is -2.12. The molecule has 0 aromatic heterocycles. The molecule has 5 heteroatoms. The maximum Gasteiger partial charge on any atom is 0.247 e. The Bertz CT molecular complexity index is 489. The second kappa shape index (κ2) is 17.5. The van der Waals surface area contributed by atoms with Gasteiger partial charge in [0.25, 0.3) is 0 Å². The first-order chi connectivity index (χ1) is 14.2. The first-order valence-corrected chi connectivity index (χ1v) is 12.0. The molecular formula is C24H44N2O3. The number of β-amino-alcohol motifs (C(OH)–C–C–N with tert-alkyl or cyclic N) is 1. The number of nitrogens with zero attached hydrogens (tertiary/aromatic N) is 2. The van der Waals surface area contributed by atoms with Crippen molar-refractivity contribution in [3.63, 3.8) is 0 Å². The van der Waals surface area contributed by atoms with E-state index in [-0.39, 0.29) is 13.2 Å². The van der Waals surface area contributed by atoms with E-state index < -0.39 is 5.97 Å². The summed E-state index contributed by atoms with van der Waals surface area (Å²) in [7, 11) is 0. The van der Waals surface area contributed by atoms with Crippen LogP contribution in [0.3, 0.4) is 0 Å². The van der Waals surface area contributed by atoms with Crippen LogP contribution in [0, 0.1) is 0 Å². The average molecular weight is 409 g/mol. The van der Waals surface area contributed by atoms with Crippen molar-refractivity contribution in [2.24, 2.45) is 0 Å². The van der Waals surface area contributed by atoms with E-state index in [1.807, 2.05) is 4.58 Å². The number of amidine groups is 1. The summed E-state index contributed by atoms with van der Waals surface area (Å²) in [6.07, 6.45) is 22.2. The predicted octanol–water partition coefficient (Wildman–Crippen LogP) is 3.49. The van der Waals surface area contributed by atoms with E-state index in [2.05, 4.69) is 24.0 Å². The molecule has 0 bridgehead atoms. The highest BCUT2D eigenvalue weighted by Crippen LogP contribution is 2.13. The molecule has 0 saturated heterocycles. The van der Waals surface area contributed by atoms with Gasteiger partial charge in [0.15, 0.2) is 0 Å². The van der Waals surface area contributed by atoms with Gasteiger partial charge in [-0.25, -0.2) is 0 Å². The molecule has 1 aliphatic heterocycles. The lowest BCUT2D eigenvalue weighted by atomic mass is 10.1. The Balaban J connectivity index is 2.05. The number of hydrogen-bond acceptors (Lipinski definition) is 4. The van der Waals surface area contributed by atoms with Crippen molar-refractivity contribution < 1.29 is 19.6 Å². The zero-order valence-corrected chi connectivity index (χ0v) is 18.7. The summed E-state index contributed by atoms with van der Waals surface area (Å²) < 4.78 is 1.90. The Kier molecular flexibility index (Phi) is 15.5. The molecule has 0 aromatic carbocycles. The van der Waals surface area contributed by atoms with Crippen LogP contribution in [0.15, 0.2) is 12.2 Å². The van der Waals surface area contributed by atoms with Crippen molar-refractivity contribution in [1.29, 1.82) is 0 Å². The number of allylic oxidation sites excluding steroid dienone is 2. The van der Waals surface area contributed by atoms with Crippen molar-refractivity contribution in [1.82, 2.24) is 4.90 Å². The van der Waals surface area contributed by atoms with E-state index in [1.54, 1.807) is 0 Å². The second-order valence-electron chi connectivity index (χ2n) is 8.25. The third kappa shape index (κ3) is 12.7. The van der Waals surface area contributed by atoms with Crippen molar-refractivity contribution in [3.8, 4) is 0 Å². The van der Waals surface area contributed by atoms with Gasteiger partial charge in [0, 0.05) is 6.42 Å². The average Bonchev–Trinajstić information content (AvgIpc) is 3.06. The number of hydrogen-bond donors (Lipinski definition) is 1. The number of carbonyl (C=O) groups excluding carboxylic acids is 1. The number of carboxylic acids is 1. The summed E-state index contributed by atoms with van der Waals surface area (Å²) in [4.78, 5) is 13.1. The number of rotatable bonds is 19. The predicted molar refractivity (Wildman–Crippen MR) is 118 cm³/mol. The number of aliphatic hydroxyl groups excluding tert-OH is 1. The summed E-state index contributed by atoms with van der Waals surface area (Å²) in [6.45, 7) is 4.43. The molecule has 0 atom stereocenters. The lowest BCUT2D eigenvalue weighted by molar-refractivity contribution is -0.520. The SMILES string of the molecule is CCCCCCCC/C=C/CCCCCCCC1=[N+](CC(=O)[O-])CCN1CCO. The number of carboxylic acid groups (broad SMARTS) is 1. The van der Waals surface area contributed by atoms with Crippen LogP contribution in [0.5, 0.6) is 0 Å². The van der Waals surface area contributed by atoms with Gasteiger partial charge in [-0.1, -0.05) is 70.4 Å². The van der Waals surface area contributed by atoms with E-state index in [1.165, 1.54) is 77.0 Å². The maximum absolute atomic E-state index is 10.9. The van der Waals surface area contributed by atoms with Gasteiger partial charge < -0.3 is 15.0 Å². The molecule has 0 amide bonds. The van der Waals surface area contributed by atoms with Crippen molar-refractivity contribution in [3.05, 3.63) is 12.2 Å². The van der Waals surface area contributed by atoms with Gasteiger partial charge in [0.1, 0.15) is 26.2 Å². The topological polar surface area (TPSA) is 66.6 Å². The van der Waals surface area contributed by atoms with Crippen LogP contribution in [0.4, 0.5) is 0 Å². The van der Waals surface area contributed by atoms with Crippen LogP contribution in [0.25, 0.3) is 0 Å². The van der Waals surface area contributed by atoms with Crippen molar-refractivity contribution >= 4 is 11.8 Å². The highest BCUT2D eigenvalue weighted by molar-refractivity contribution is 5.79. The molecule has 0 fully saturated rings. The van der Waals surface area contributed by atoms with Crippen LogP contribution in [-0.2, 0) is 4.79 Å². The molecule has 1 heterocycles. The molecule has 5 nitrogen and oxygen atoms in total. The second-order valence-corrected chi connectivity index (χ2v) is 8.25. The summed E-state index contributed by atoms with van der Waals surface area (Å²) in [6, 6.07) is 0. The fourth-order valence-corrected chi connectivity index (χ4v) is 4.06. The van der Waals surface area contributed by atoms with E-state index in [0.717, 1.165) is 25.2 Å². The lowest BCUT2D eigenvalue weighted by Crippen LogP contribution is -2.36. The molecule has 0 unspecified atom stereocenters. The fraction of sp³-hybridized carbons (Fsp3) is 0.833. The zero-order valence-electron chi connectivity index (χ0n) is 18.7. The Labute approximate surface area is 178 Å². The maximum atomic E-state index is 10.9. The summed E-state index contributed by atoms with van der Waals surface area (Å²) in [5, 5.41) is 20.1. The molecule has 0 spiro atoms. The third-order valence-corrected chi connectivity index (χ3v) is 5.72. The quantitative estimate of drug-likeness (QED) is 0.202. The smallest absolute Gasteiger partial charge is 0.247 e. The van der Waals surface area contributed by atoms with Crippen LogP contribution in [0.1, 0.15) is 96.8 Å². The number of aliphatic carboxylic acids is 1. The van der Waals surface area contributed by atoms with Gasteiger partial charge >= 0.3 is 0 Å². The fourth-order valence-electron chi connectivity index (χ4n) is 4.06. The van der Waals surface area contributed by atoms with Gasteiger partial charge in [0.05, 0.1) is 12.6 Å². The molecule has 0 aromatic rings. The highest BCUT2D eigenvalue weighted by atomic mass is 16.4. The third-order valence-electron chi connectivity index (χ3n) is 5.72. The Morgan fingerprint density at radius 2 is 1.59 bits per heavy atom.